The molecule has 24 heavy (non-hydrogen) atoms. The van der Waals surface area contributed by atoms with Gasteiger partial charge in [-0.15, -0.1) is 0 Å². The lowest BCUT2D eigenvalue weighted by Gasteiger charge is -2.26. The highest BCUT2D eigenvalue weighted by molar-refractivity contribution is 7.62. The van der Waals surface area contributed by atoms with Crippen molar-refractivity contribution < 1.29 is 14.0 Å². The van der Waals surface area contributed by atoms with Crippen LogP contribution >= 0.6 is 7.60 Å². The van der Waals surface area contributed by atoms with E-state index in [-0.39, 0.29) is 5.92 Å². The van der Waals surface area contributed by atoms with E-state index >= 15 is 0 Å². The molecule has 1 N–H and O–H groups in total. The predicted octanol–water partition coefficient (Wildman–Crippen LogP) is 4.71. The van der Waals surface area contributed by atoms with Crippen molar-refractivity contribution in [3.05, 3.63) is 83.9 Å². The van der Waals surface area contributed by atoms with Crippen LogP contribution in [0.5, 0.6) is 5.75 Å². The lowest BCUT2D eigenvalue weighted by Crippen LogP contribution is -2.18. The summed E-state index contributed by atoms with van der Waals surface area (Å²) in [5, 5.41) is 0.376. The molecule has 1 aliphatic heterocycles. The third-order valence-electron chi connectivity index (χ3n) is 4.53. The number of para-hydroxylation sites is 1. The Morgan fingerprint density at radius 3 is 2.38 bits per heavy atom. The molecule has 0 fully saturated rings. The van der Waals surface area contributed by atoms with Crippen LogP contribution < -0.4 is 9.83 Å². The summed E-state index contributed by atoms with van der Waals surface area (Å²) < 4.78 is 18.1. The second-order valence-corrected chi connectivity index (χ2v) is 7.72. The van der Waals surface area contributed by atoms with Crippen LogP contribution in [0.25, 0.3) is 11.1 Å². The molecule has 0 amide bonds. The maximum absolute atomic E-state index is 12.7. The lowest BCUT2D eigenvalue weighted by molar-refractivity contribution is 0.392. The zero-order valence-electron chi connectivity index (χ0n) is 13.2. The number of fused-ring (bicyclic) bond motifs is 3. The molecule has 2 unspecified atom stereocenters. The zero-order valence-corrected chi connectivity index (χ0v) is 14.1. The summed E-state index contributed by atoms with van der Waals surface area (Å²) in [6.07, 6.45) is 0. The van der Waals surface area contributed by atoms with Gasteiger partial charge in [-0.25, -0.2) is 4.57 Å². The van der Waals surface area contributed by atoms with Crippen molar-refractivity contribution in [1.29, 1.82) is 0 Å². The van der Waals surface area contributed by atoms with E-state index in [2.05, 4.69) is 19.1 Å². The zero-order chi connectivity index (χ0) is 16.7. The Hall–Kier alpha value is -2.35. The largest absolute Gasteiger partial charge is 0.421 e. The molecule has 0 radical (unpaired) electrons. The molecule has 0 saturated heterocycles. The molecule has 3 aromatic rings. The van der Waals surface area contributed by atoms with Crippen LogP contribution in [0.3, 0.4) is 0 Å². The standard InChI is InChI=1S/C20H17O3P/c1-14(15-7-3-2-4-8-15)16-11-12-18-17-9-5-6-10-19(17)23-24(21,22)20(18)13-16/h2-14H,1H3,(H,21,22). The van der Waals surface area contributed by atoms with E-state index in [4.69, 9.17) is 4.52 Å². The van der Waals surface area contributed by atoms with Gasteiger partial charge in [-0.05, 0) is 23.3 Å². The van der Waals surface area contributed by atoms with Crippen LogP contribution in [0.2, 0.25) is 0 Å². The van der Waals surface area contributed by atoms with Crippen molar-refractivity contribution in [2.75, 3.05) is 0 Å². The normalized spacial score (nSPS) is 19.8. The highest BCUT2D eigenvalue weighted by atomic mass is 31.2. The first-order valence-electron chi connectivity index (χ1n) is 7.87. The van der Waals surface area contributed by atoms with E-state index in [0.29, 0.717) is 11.1 Å². The minimum Gasteiger partial charge on any atom is -0.421 e. The van der Waals surface area contributed by atoms with E-state index in [1.54, 1.807) is 12.1 Å². The molecular formula is C20H17O3P. The molecular weight excluding hydrogens is 319 g/mol. The van der Waals surface area contributed by atoms with Crippen molar-refractivity contribution in [1.82, 2.24) is 0 Å². The molecule has 0 saturated carbocycles. The molecule has 4 heteroatoms. The molecule has 4 rings (SSSR count). The van der Waals surface area contributed by atoms with E-state index in [1.807, 2.05) is 48.5 Å². The van der Waals surface area contributed by atoms with Crippen LogP contribution in [0.1, 0.15) is 24.0 Å². The molecule has 0 aromatic heterocycles. The average Bonchev–Trinajstić information content (AvgIpc) is 2.61. The first-order chi connectivity index (χ1) is 11.6. The molecule has 0 aliphatic carbocycles. The quantitative estimate of drug-likeness (QED) is 0.690. The minimum atomic E-state index is -3.87. The van der Waals surface area contributed by atoms with Gasteiger partial charge in [-0.1, -0.05) is 67.6 Å². The summed E-state index contributed by atoms with van der Waals surface area (Å²) in [7, 11) is -3.87. The van der Waals surface area contributed by atoms with E-state index in [0.717, 1.165) is 16.7 Å². The highest BCUT2D eigenvalue weighted by Gasteiger charge is 2.34. The van der Waals surface area contributed by atoms with Gasteiger partial charge in [0.2, 0.25) is 0 Å². The molecule has 1 aliphatic rings. The van der Waals surface area contributed by atoms with Gasteiger partial charge in [-0.3, -0.25) is 0 Å². The van der Waals surface area contributed by atoms with Gasteiger partial charge in [0, 0.05) is 17.0 Å². The van der Waals surface area contributed by atoms with Gasteiger partial charge in [0.15, 0.2) is 0 Å². The number of rotatable bonds is 2. The Bertz CT molecular complexity index is 950. The molecule has 120 valence electrons. The first kappa shape index (κ1) is 15.2. The monoisotopic (exact) mass is 336 g/mol. The number of hydrogen-bond donors (Lipinski definition) is 1. The SMILES string of the molecule is CC(c1ccccc1)c1ccc2c(c1)P(=O)(O)Oc1ccccc1-2. The van der Waals surface area contributed by atoms with Crippen LogP contribution in [0.15, 0.2) is 72.8 Å². The fourth-order valence-corrected chi connectivity index (χ4v) is 4.50. The Morgan fingerprint density at radius 1 is 0.875 bits per heavy atom. The fraction of sp³-hybridized carbons (Fsp3) is 0.100. The summed E-state index contributed by atoms with van der Waals surface area (Å²) in [4.78, 5) is 10.4. The van der Waals surface area contributed by atoms with E-state index in [1.165, 1.54) is 5.56 Å². The van der Waals surface area contributed by atoms with Crippen LogP contribution in [0.4, 0.5) is 0 Å². The van der Waals surface area contributed by atoms with E-state index < -0.39 is 7.60 Å². The van der Waals surface area contributed by atoms with Crippen molar-refractivity contribution in [3.63, 3.8) is 0 Å². The van der Waals surface area contributed by atoms with E-state index in [9.17, 15) is 9.46 Å². The summed E-state index contributed by atoms with van der Waals surface area (Å²) in [5.74, 6) is 0.591. The smallest absolute Gasteiger partial charge is 0.408 e. The maximum atomic E-state index is 12.7. The maximum Gasteiger partial charge on any atom is 0.408 e. The van der Waals surface area contributed by atoms with Crippen molar-refractivity contribution in [2.45, 2.75) is 12.8 Å². The van der Waals surface area contributed by atoms with Crippen molar-refractivity contribution in [2.24, 2.45) is 0 Å². The Labute approximate surface area is 141 Å². The third kappa shape index (κ3) is 2.47. The van der Waals surface area contributed by atoms with Crippen molar-refractivity contribution >= 4 is 12.9 Å². The summed E-state index contributed by atoms with van der Waals surface area (Å²) >= 11 is 0. The molecule has 3 aromatic carbocycles. The molecule has 3 nitrogen and oxygen atoms in total. The molecule has 1 heterocycles. The lowest BCUT2D eigenvalue weighted by atomic mass is 9.91. The van der Waals surface area contributed by atoms with Crippen molar-refractivity contribution in [3.8, 4) is 16.9 Å². The Kier molecular flexibility index (Phi) is 3.56. The third-order valence-corrected chi connectivity index (χ3v) is 5.95. The fourth-order valence-electron chi connectivity index (χ4n) is 3.16. The highest BCUT2D eigenvalue weighted by Crippen LogP contribution is 2.52. The molecule has 0 bridgehead atoms. The van der Waals surface area contributed by atoms with Gasteiger partial charge < -0.3 is 9.42 Å². The van der Waals surface area contributed by atoms with Gasteiger partial charge in [0.25, 0.3) is 0 Å². The van der Waals surface area contributed by atoms with Gasteiger partial charge in [-0.2, -0.15) is 0 Å². The molecule has 0 spiro atoms. The summed E-state index contributed by atoms with van der Waals surface area (Å²) in [6.45, 7) is 2.09. The average molecular weight is 336 g/mol. The first-order valence-corrected chi connectivity index (χ1v) is 9.45. The van der Waals surface area contributed by atoms with Gasteiger partial charge in [0.05, 0.1) is 5.30 Å². The van der Waals surface area contributed by atoms with Crippen LogP contribution in [0, 0.1) is 0 Å². The second-order valence-electron chi connectivity index (χ2n) is 6.02. The predicted molar refractivity (Wildman–Crippen MR) is 95.9 cm³/mol. The topological polar surface area (TPSA) is 46.5 Å². The van der Waals surface area contributed by atoms with Gasteiger partial charge in [0.1, 0.15) is 5.75 Å². The number of benzene rings is 3. The molecule has 2 atom stereocenters. The Morgan fingerprint density at radius 2 is 1.58 bits per heavy atom. The van der Waals surface area contributed by atoms with Gasteiger partial charge >= 0.3 is 7.60 Å². The summed E-state index contributed by atoms with van der Waals surface area (Å²) in [6, 6.07) is 23.2. The number of hydrogen-bond acceptors (Lipinski definition) is 2. The summed E-state index contributed by atoms with van der Waals surface area (Å²) in [5.41, 5.74) is 3.79. The van der Waals surface area contributed by atoms with Crippen LogP contribution in [-0.2, 0) is 4.57 Å². The van der Waals surface area contributed by atoms with Crippen LogP contribution in [-0.4, -0.2) is 4.89 Å². The Balaban J connectivity index is 1.85. The second kappa shape index (κ2) is 5.62. The minimum absolute atomic E-state index is 0.133.